The van der Waals surface area contributed by atoms with E-state index in [-0.39, 0.29) is 41.5 Å². The molecule has 1 spiro atoms. The molecule has 0 radical (unpaired) electrons. The van der Waals surface area contributed by atoms with Gasteiger partial charge in [0.1, 0.15) is 11.9 Å². The van der Waals surface area contributed by atoms with Crippen LogP contribution in [0.3, 0.4) is 0 Å². The normalized spacial score (nSPS) is 27.5. The third kappa shape index (κ3) is 3.92. The van der Waals surface area contributed by atoms with Crippen LogP contribution < -0.4 is 9.47 Å². The van der Waals surface area contributed by atoms with Crippen LogP contribution in [0.2, 0.25) is 0 Å². The van der Waals surface area contributed by atoms with E-state index >= 15 is 0 Å². The lowest BCUT2D eigenvalue weighted by Crippen LogP contribution is -2.68. The Hall–Kier alpha value is -3.76. The maximum Gasteiger partial charge on any atom is 0.308 e. The molecule has 2 aliphatic heterocycles. The fraction of sp³-hybridized carbons (Fsp3) is 0.455. The molecule has 5 atom stereocenters. The maximum absolute atomic E-state index is 13.4. The average Bonchev–Trinajstić information content (AvgIpc) is 3.26. The lowest BCUT2D eigenvalue weighted by Gasteiger charge is -2.60. The molecule has 0 unspecified atom stereocenters. The number of nitrogens with zero attached hydrogens (tertiary/aromatic N) is 2. The highest BCUT2D eigenvalue weighted by atomic mass is 16.6. The second kappa shape index (κ2) is 9.71. The molecule has 7 nitrogen and oxygen atoms in total. The van der Waals surface area contributed by atoms with E-state index in [0.29, 0.717) is 12.2 Å². The smallest absolute Gasteiger partial charge is 0.308 e. The van der Waals surface area contributed by atoms with Crippen molar-refractivity contribution < 1.29 is 24.2 Å². The summed E-state index contributed by atoms with van der Waals surface area (Å²) < 4.78 is 12.3. The van der Waals surface area contributed by atoms with Crippen molar-refractivity contribution in [2.45, 2.75) is 70.1 Å². The minimum absolute atomic E-state index is 0.133. The van der Waals surface area contributed by atoms with Gasteiger partial charge in [0.15, 0.2) is 11.5 Å². The Bertz CT molecular complexity index is 1490. The third-order valence-corrected chi connectivity index (χ3v) is 9.75. The summed E-state index contributed by atoms with van der Waals surface area (Å²) in [5.41, 5.74) is 4.59. The minimum atomic E-state index is -0.469. The topological polar surface area (TPSA) is 79.3 Å². The Kier molecular flexibility index (Phi) is 6.42. The van der Waals surface area contributed by atoms with Crippen molar-refractivity contribution in [3.63, 3.8) is 0 Å². The average molecular weight is 541 g/mol. The monoisotopic (exact) mass is 540 g/mol. The Morgan fingerprint density at radius 1 is 1.27 bits per heavy atom. The number of piperidine rings is 1. The van der Waals surface area contributed by atoms with Gasteiger partial charge < -0.3 is 19.5 Å². The SMILES string of the molecule is C=CCN1CC[C@]23c4c5c(O)cc(OC(C)=O)c4O[C@H]2[C@H](N(C)C(=O)C#Cc2ccc(C)c(C)c2)CC[C@H]3[C@H]1C5. The second-order valence-electron chi connectivity index (χ2n) is 11.8. The summed E-state index contributed by atoms with van der Waals surface area (Å²) >= 11 is 0. The van der Waals surface area contributed by atoms with Crippen molar-refractivity contribution in [2.75, 3.05) is 20.1 Å². The third-order valence-electron chi connectivity index (χ3n) is 9.75. The molecule has 4 aliphatic rings. The van der Waals surface area contributed by atoms with Gasteiger partial charge >= 0.3 is 5.97 Å². The van der Waals surface area contributed by atoms with Gasteiger partial charge in [-0.25, -0.2) is 0 Å². The van der Waals surface area contributed by atoms with E-state index in [1.807, 2.05) is 38.2 Å². The number of ether oxygens (including phenoxy) is 2. The van der Waals surface area contributed by atoms with Crippen molar-refractivity contribution in [2.24, 2.45) is 5.92 Å². The first-order chi connectivity index (χ1) is 19.1. The first kappa shape index (κ1) is 26.5. The number of esters is 1. The molecule has 2 fully saturated rings. The van der Waals surface area contributed by atoms with E-state index in [2.05, 4.69) is 30.2 Å². The molecule has 2 heterocycles. The van der Waals surface area contributed by atoms with E-state index < -0.39 is 11.4 Å². The number of hydrogen-bond donors (Lipinski definition) is 1. The molecule has 1 amide bonds. The highest BCUT2D eigenvalue weighted by molar-refractivity contribution is 5.94. The molecule has 2 aromatic carbocycles. The van der Waals surface area contributed by atoms with Gasteiger partial charge in [0.05, 0.1) is 6.04 Å². The van der Waals surface area contributed by atoms with Gasteiger partial charge in [-0.1, -0.05) is 18.1 Å². The fourth-order valence-electron chi connectivity index (χ4n) is 7.85. The number of carbonyl (C=O) groups is 2. The second-order valence-corrected chi connectivity index (χ2v) is 11.8. The minimum Gasteiger partial charge on any atom is -0.508 e. The summed E-state index contributed by atoms with van der Waals surface area (Å²) in [5, 5.41) is 11.2. The zero-order valence-corrected chi connectivity index (χ0v) is 23.6. The highest BCUT2D eigenvalue weighted by Crippen LogP contribution is 2.65. The van der Waals surface area contributed by atoms with Crippen LogP contribution in [0, 0.1) is 31.6 Å². The lowest BCUT2D eigenvalue weighted by atomic mass is 9.51. The summed E-state index contributed by atoms with van der Waals surface area (Å²) in [4.78, 5) is 29.6. The summed E-state index contributed by atoms with van der Waals surface area (Å²) in [6, 6.07) is 7.48. The summed E-state index contributed by atoms with van der Waals surface area (Å²) in [5.74, 6) is 6.40. The number of phenolic OH excluding ortho intramolecular Hbond substituents is 1. The van der Waals surface area contributed by atoms with Gasteiger partial charge in [0.2, 0.25) is 0 Å². The predicted molar refractivity (Wildman–Crippen MR) is 151 cm³/mol. The number of amides is 1. The largest absolute Gasteiger partial charge is 0.508 e. The molecular formula is C33H36N2O5. The number of likely N-dealkylation sites (tertiary alicyclic amines) is 1. The number of likely N-dealkylation sites (N-methyl/N-ethyl adjacent to an activating group) is 1. The van der Waals surface area contributed by atoms with E-state index in [0.717, 1.165) is 54.6 Å². The number of phenols is 1. The number of aromatic hydroxyl groups is 1. The Morgan fingerprint density at radius 2 is 2.08 bits per heavy atom. The first-order valence-electron chi connectivity index (χ1n) is 14.1. The van der Waals surface area contributed by atoms with Crippen LogP contribution in [0.4, 0.5) is 0 Å². The van der Waals surface area contributed by atoms with Gasteiger partial charge in [-0.2, -0.15) is 0 Å². The van der Waals surface area contributed by atoms with Crippen molar-refractivity contribution >= 4 is 11.9 Å². The number of aryl methyl sites for hydroxylation is 2. The molecule has 2 aromatic rings. The number of rotatable bonds is 4. The van der Waals surface area contributed by atoms with E-state index in [1.54, 1.807) is 4.90 Å². The Labute approximate surface area is 235 Å². The Balaban J connectivity index is 1.40. The van der Waals surface area contributed by atoms with Gasteiger partial charge in [-0.3, -0.25) is 14.5 Å². The van der Waals surface area contributed by atoms with Crippen molar-refractivity contribution in [1.82, 2.24) is 9.80 Å². The number of carbonyl (C=O) groups excluding carboxylic acids is 2. The molecule has 1 saturated heterocycles. The predicted octanol–water partition coefficient (Wildman–Crippen LogP) is 4.04. The van der Waals surface area contributed by atoms with E-state index in [4.69, 9.17) is 9.47 Å². The van der Waals surface area contributed by atoms with Gasteiger partial charge in [-0.05, 0) is 75.3 Å². The molecule has 1 N–H and O–H groups in total. The van der Waals surface area contributed by atoms with Crippen LogP contribution in [0.15, 0.2) is 36.9 Å². The molecule has 6 rings (SSSR count). The first-order valence-corrected chi connectivity index (χ1v) is 14.1. The molecule has 0 aromatic heterocycles. The molecule has 208 valence electrons. The van der Waals surface area contributed by atoms with Gasteiger partial charge in [0, 0.05) is 60.7 Å². The standard InChI is InChI=1S/C33H36N2O5/c1-6-14-35-15-13-33-24-10-11-25(34(5)29(38)12-9-22-8-7-19(2)20(3)16-22)32(33)40-31-28(39-21(4)36)18-27(37)23(30(31)33)17-26(24)35/h6-8,16,18,24-26,32,37H,1,10-11,13-15,17H2,2-5H3/t24-,25+,26+,32-,33-/m0/s1. The van der Waals surface area contributed by atoms with Crippen molar-refractivity contribution in [1.29, 1.82) is 0 Å². The van der Waals surface area contributed by atoms with Crippen LogP contribution in [-0.4, -0.2) is 65.1 Å². The zero-order chi connectivity index (χ0) is 28.3. The van der Waals surface area contributed by atoms with Crippen molar-refractivity contribution in [3.8, 4) is 29.1 Å². The van der Waals surface area contributed by atoms with Crippen LogP contribution in [0.5, 0.6) is 17.2 Å². The zero-order valence-electron chi connectivity index (χ0n) is 23.6. The lowest BCUT2D eigenvalue weighted by molar-refractivity contribution is -0.134. The summed E-state index contributed by atoms with van der Waals surface area (Å²) in [6.07, 6.45) is 4.83. The fourth-order valence-corrected chi connectivity index (χ4v) is 7.85. The number of hydrogen-bond acceptors (Lipinski definition) is 6. The molecule has 7 heteroatoms. The number of benzene rings is 2. The molecule has 2 bridgehead atoms. The van der Waals surface area contributed by atoms with Crippen LogP contribution in [0.1, 0.15) is 54.0 Å². The molecule has 1 saturated carbocycles. The Morgan fingerprint density at radius 3 is 2.80 bits per heavy atom. The van der Waals surface area contributed by atoms with Gasteiger partial charge in [-0.15, -0.1) is 6.58 Å². The summed E-state index contributed by atoms with van der Waals surface area (Å²) in [7, 11) is 1.81. The molecule has 40 heavy (non-hydrogen) atoms. The summed E-state index contributed by atoms with van der Waals surface area (Å²) in [6.45, 7) is 11.1. The van der Waals surface area contributed by atoms with Gasteiger partial charge in [0.25, 0.3) is 5.91 Å². The van der Waals surface area contributed by atoms with Crippen molar-refractivity contribution in [3.05, 3.63) is 64.7 Å². The van der Waals surface area contributed by atoms with Crippen LogP contribution >= 0.6 is 0 Å². The van der Waals surface area contributed by atoms with Crippen LogP contribution in [0.25, 0.3) is 0 Å². The van der Waals surface area contributed by atoms with E-state index in [9.17, 15) is 14.7 Å². The van der Waals surface area contributed by atoms with E-state index in [1.165, 1.54) is 18.6 Å². The van der Waals surface area contributed by atoms with Crippen LogP contribution in [-0.2, 0) is 21.4 Å². The molecular weight excluding hydrogens is 504 g/mol. The maximum atomic E-state index is 13.4. The molecule has 2 aliphatic carbocycles. The quantitative estimate of drug-likeness (QED) is 0.273. The highest BCUT2D eigenvalue weighted by Gasteiger charge is 2.67.